The van der Waals surface area contributed by atoms with Gasteiger partial charge in [-0.05, 0) is 35.6 Å². The molecule has 31 heavy (non-hydrogen) atoms. The minimum Gasteiger partial charge on any atom is -0.421 e. The molecule has 0 atom stereocenters. The molecule has 4 heteroatoms. The molecule has 2 rings (SSSR count). The number of aryl methyl sites for hydroxylation is 1. The molecular weight excluding hydrogens is 388 g/mol. The first-order valence-electron chi connectivity index (χ1n) is 11.2. The van der Waals surface area contributed by atoms with Crippen LogP contribution < -0.4 is 0 Å². The van der Waals surface area contributed by atoms with Crippen molar-refractivity contribution in [3.05, 3.63) is 76.9 Å². The van der Waals surface area contributed by atoms with Crippen molar-refractivity contribution in [2.45, 2.75) is 72.0 Å². The fraction of sp³-hybridized carbons (Fsp3) is 0.407. The number of esters is 2. The van der Waals surface area contributed by atoms with E-state index in [2.05, 4.69) is 31.2 Å². The number of unbranched alkanes of at least 4 members (excludes halogenated alkanes) is 4. The SMILES string of the molecule is CCCCCCCc1ccc(/C=C(\Cc2ccccc2)C(OC(C)=O)OC(C)=O)cc1. The summed E-state index contributed by atoms with van der Waals surface area (Å²) in [6, 6.07) is 18.2. The van der Waals surface area contributed by atoms with Gasteiger partial charge in [0.05, 0.1) is 0 Å². The molecule has 0 aliphatic carbocycles. The van der Waals surface area contributed by atoms with Gasteiger partial charge in [0.15, 0.2) is 0 Å². The number of carbonyl (C=O) groups excluding carboxylic acids is 2. The summed E-state index contributed by atoms with van der Waals surface area (Å²) in [4.78, 5) is 23.2. The van der Waals surface area contributed by atoms with E-state index in [0.29, 0.717) is 12.0 Å². The maximum atomic E-state index is 11.6. The largest absolute Gasteiger partial charge is 0.421 e. The molecule has 0 N–H and O–H groups in total. The standard InChI is InChI=1S/C27H34O4/c1-4-5-6-7-9-12-23-15-17-25(18-16-23)20-26(19-24-13-10-8-11-14-24)27(30-21(2)28)31-22(3)29/h8,10-11,13-18,20,27H,4-7,9,12,19H2,1-3H3/b26-20+. The maximum absolute atomic E-state index is 11.6. The average molecular weight is 423 g/mol. The van der Waals surface area contributed by atoms with Crippen molar-refractivity contribution in [3.8, 4) is 0 Å². The zero-order chi connectivity index (χ0) is 22.5. The molecule has 4 nitrogen and oxygen atoms in total. The van der Waals surface area contributed by atoms with E-state index in [1.54, 1.807) is 0 Å². The smallest absolute Gasteiger partial charge is 0.305 e. The molecule has 2 aromatic carbocycles. The Hall–Kier alpha value is -2.88. The highest BCUT2D eigenvalue weighted by atomic mass is 16.7. The second-order valence-corrected chi connectivity index (χ2v) is 7.84. The Morgan fingerprint density at radius 1 is 0.806 bits per heavy atom. The summed E-state index contributed by atoms with van der Waals surface area (Å²) < 4.78 is 10.7. The van der Waals surface area contributed by atoms with Crippen LogP contribution in [-0.2, 0) is 31.9 Å². The number of hydrogen-bond donors (Lipinski definition) is 0. The fourth-order valence-corrected chi connectivity index (χ4v) is 3.44. The third-order valence-corrected chi connectivity index (χ3v) is 5.00. The molecule has 0 bridgehead atoms. The molecule has 0 heterocycles. The van der Waals surface area contributed by atoms with Crippen LogP contribution in [0.1, 0.15) is 69.6 Å². The van der Waals surface area contributed by atoms with Gasteiger partial charge in [-0.3, -0.25) is 9.59 Å². The van der Waals surface area contributed by atoms with Crippen LogP contribution in [0, 0.1) is 0 Å². The van der Waals surface area contributed by atoms with Gasteiger partial charge in [0.2, 0.25) is 0 Å². The zero-order valence-corrected chi connectivity index (χ0v) is 18.9. The summed E-state index contributed by atoms with van der Waals surface area (Å²) >= 11 is 0. The molecule has 0 aromatic heterocycles. The van der Waals surface area contributed by atoms with Crippen molar-refractivity contribution in [1.29, 1.82) is 0 Å². The summed E-state index contributed by atoms with van der Waals surface area (Å²) in [7, 11) is 0. The van der Waals surface area contributed by atoms with Gasteiger partial charge < -0.3 is 9.47 Å². The summed E-state index contributed by atoms with van der Waals surface area (Å²) in [5, 5.41) is 0. The predicted octanol–water partition coefficient (Wildman–Crippen LogP) is 6.28. The minimum atomic E-state index is -1.05. The quantitative estimate of drug-likeness (QED) is 0.229. The van der Waals surface area contributed by atoms with E-state index in [0.717, 1.165) is 17.5 Å². The lowest BCUT2D eigenvalue weighted by atomic mass is 10.00. The number of ether oxygens (including phenoxy) is 2. The molecule has 0 saturated heterocycles. The molecule has 0 saturated carbocycles. The fourth-order valence-electron chi connectivity index (χ4n) is 3.44. The summed E-state index contributed by atoms with van der Waals surface area (Å²) in [5.41, 5.74) is 4.05. The van der Waals surface area contributed by atoms with Crippen LogP contribution >= 0.6 is 0 Å². The Bertz CT molecular complexity index is 821. The number of rotatable bonds is 12. The van der Waals surface area contributed by atoms with Gasteiger partial charge >= 0.3 is 11.9 Å². The maximum Gasteiger partial charge on any atom is 0.305 e. The van der Waals surface area contributed by atoms with E-state index in [-0.39, 0.29) is 0 Å². The van der Waals surface area contributed by atoms with Crippen LogP contribution in [0.25, 0.3) is 6.08 Å². The lowest BCUT2D eigenvalue weighted by molar-refractivity contribution is -0.178. The Labute approximate surface area is 186 Å². The Kier molecular flexibility index (Phi) is 10.6. The summed E-state index contributed by atoms with van der Waals surface area (Å²) in [5.74, 6) is -0.993. The lowest BCUT2D eigenvalue weighted by Gasteiger charge is -2.20. The second kappa shape index (κ2) is 13.4. The molecular formula is C27H34O4. The van der Waals surface area contributed by atoms with Crippen molar-refractivity contribution < 1.29 is 19.1 Å². The zero-order valence-electron chi connectivity index (χ0n) is 18.9. The summed E-state index contributed by atoms with van der Waals surface area (Å²) in [6.45, 7) is 4.85. The molecule has 2 aromatic rings. The van der Waals surface area contributed by atoms with Gasteiger partial charge in [-0.15, -0.1) is 0 Å². The van der Waals surface area contributed by atoms with E-state index in [4.69, 9.17) is 9.47 Å². The monoisotopic (exact) mass is 422 g/mol. The average Bonchev–Trinajstić information content (AvgIpc) is 2.74. The van der Waals surface area contributed by atoms with E-state index in [1.165, 1.54) is 51.5 Å². The minimum absolute atomic E-state index is 0.497. The van der Waals surface area contributed by atoms with Crippen LogP contribution in [0.5, 0.6) is 0 Å². The molecule has 166 valence electrons. The Balaban J connectivity index is 2.19. The number of hydrogen-bond acceptors (Lipinski definition) is 4. The van der Waals surface area contributed by atoms with E-state index in [1.807, 2.05) is 36.4 Å². The van der Waals surface area contributed by atoms with Crippen molar-refractivity contribution in [3.63, 3.8) is 0 Å². The van der Waals surface area contributed by atoms with Crippen LogP contribution in [-0.4, -0.2) is 18.2 Å². The third kappa shape index (κ3) is 9.65. The number of benzene rings is 2. The van der Waals surface area contributed by atoms with Crippen molar-refractivity contribution in [1.82, 2.24) is 0 Å². The Morgan fingerprint density at radius 3 is 2.00 bits per heavy atom. The van der Waals surface area contributed by atoms with Gasteiger partial charge in [-0.25, -0.2) is 0 Å². The van der Waals surface area contributed by atoms with Gasteiger partial charge in [0.25, 0.3) is 6.29 Å². The van der Waals surface area contributed by atoms with Crippen molar-refractivity contribution in [2.75, 3.05) is 0 Å². The number of carbonyl (C=O) groups is 2. The van der Waals surface area contributed by atoms with Crippen LogP contribution in [0.2, 0.25) is 0 Å². The third-order valence-electron chi connectivity index (χ3n) is 5.00. The topological polar surface area (TPSA) is 52.6 Å². The molecule has 0 amide bonds. The van der Waals surface area contributed by atoms with Crippen LogP contribution in [0.4, 0.5) is 0 Å². The van der Waals surface area contributed by atoms with Gasteiger partial charge in [0.1, 0.15) is 0 Å². The first-order chi connectivity index (χ1) is 15.0. The highest BCUT2D eigenvalue weighted by Gasteiger charge is 2.21. The molecule has 0 aliphatic heterocycles. The van der Waals surface area contributed by atoms with Crippen LogP contribution in [0.15, 0.2) is 60.2 Å². The first kappa shape index (κ1) is 24.4. The van der Waals surface area contributed by atoms with Gasteiger partial charge in [-0.1, -0.05) is 87.2 Å². The van der Waals surface area contributed by atoms with Crippen molar-refractivity contribution >= 4 is 18.0 Å². The molecule has 0 unspecified atom stereocenters. The first-order valence-corrected chi connectivity index (χ1v) is 11.2. The van der Waals surface area contributed by atoms with E-state index in [9.17, 15) is 9.59 Å². The highest BCUT2D eigenvalue weighted by Crippen LogP contribution is 2.21. The molecule has 0 fully saturated rings. The lowest BCUT2D eigenvalue weighted by Crippen LogP contribution is -2.25. The normalized spacial score (nSPS) is 11.4. The molecule has 0 spiro atoms. The molecule has 0 aliphatic rings. The molecule has 0 radical (unpaired) electrons. The van der Waals surface area contributed by atoms with Gasteiger partial charge in [-0.2, -0.15) is 0 Å². The van der Waals surface area contributed by atoms with E-state index < -0.39 is 18.2 Å². The van der Waals surface area contributed by atoms with Crippen molar-refractivity contribution in [2.24, 2.45) is 0 Å². The van der Waals surface area contributed by atoms with Crippen LogP contribution in [0.3, 0.4) is 0 Å². The van der Waals surface area contributed by atoms with E-state index >= 15 is 0 Å². The predicted molar refractivity (Wildman–Crippen MR) is 124 cm³/mol. The van der Waals surface area contributed by atoms with Gasteiger partial charge in [0, 0.05) is 25.8 Å². The second-order valence-electron chi connectivity index (χ2n) is 7.84. The highest BCUT2D eigenvalue weighted by molar-refractivity contribution is 5.69. The Morgan fingerprint density at radius 2 is 1.42 bits per heavy atom. The summed E-state index contributed by atoms with van der Waals surface area (Å²) in [6.07, 6.45) is 8.81.